The highest BCUT2D eigenvalue weighted by Gasteiger charge is 2.45. The minimum Gasteiger partial charge on any atom is -0.382 e. The second-order valence-electron chi connectivity index (χ2n) is 12.9. The van der Waals surface area contributed by atoms with Crippen LogP contribution >= 0.6 is 0 Å². The van der Waals surface area contributed by atoms with Gasteiger partial charge in [-0.05, 0) is 18.6 Å². The van der Waals surface area contributed by atoms with Crippen LogP contribution in [0.25, 0.3) is 0 Å². The van der Waals surface area contributed by atoms with Gasteiger partial charge in [0.05, 0.1) is 176 Å². The Labute approximate surface area is 352 Å². The van der Waals surface area contributed by atoms with E-state index in [4.69, 9.17) is 61.6 Å². The fourth-order valence-corrected chi connectivity index (χ4v) is 5.58. The molecule has 1 aromatic rings. The van der Waals surface area contributed by atoms with Crippen LogP contribution < -0.4 is 10.6 Å². The van der Waals surface area contributed by atoms with Gasteiger partial charge in [-0.15, -0.1) is 0 Å². The average Bonchev–Trinajstić information content (AvgIpc) is 3.50. The Bertz CT molecular complexity index is 1330. The molecule has 2 aliphatic rings. The summed E-state index contributed by atoms with van der Waals surface area (Å²) in [5.41, 5.74) is 0.902. The van der Waals surface area contributed by atoms with Crippen LogP contribution in [-0.2, 0) is 71.2 Å². The summed E-state index contributed by atoms with van der Waals surface area (Å²) in [7, 11) is 1.64. The van der Waals surface area contributed by atoms with Gasteiger partial charge in [-0.3, -0.25) is 29.4 Å². The molecule has 2 heterocycles. The maximum absolute atomic E-state index is 13.2. The molecule has 20 nitrogen and oxygen atoms in total. The van der Waals surface area contributed by atoms with Gasteiger partial charge in [0.2, 0.25) is 11.8 Å². The molecular weight excluding hydrogens is 794 g/mol. The summed E-state index contributed by atoms with van der Waals surface area (Å²) in [6.45, 7) is 12.2. The first-order valence-corrected chi connectivity index (χ1v) is 20.5. The number of nitrogens with zero attached hydrogens (tertiary/aromatic N) is 1. The maximum Gasteiger partial charge on any atom is 0.264 e. The fourth-order valence-electron chi connectivity index (χ4n) is 5.58. The predicted molar refractivity (Wildman–Crippen MR) is 213 cm³/mol. The molecule has 1 aromatic carbocycles. The monoisotopic (exact) mass is 859 g/mol. The number of anilines is 1. The number of carbonyl (C=O) groups excluding carboxylic acids is 4. The molecule has 0 saturated carbocycles. The number of amides is 4. The van der Waals surface area contributed by atoms with E-state index < -0.39 is 29.7 Å². The molecule has 0 aliphatic carbocycles. The van der Waals surface area contributed by atoms with Crippen molar-refractivity contribution in [3.63, 3.8) is 0 Å². The molecule has 1 atom stereocenters. The minimum atomic E-state index is -1.01. The number of piperidine rings is 1. The normalized spacial score (nSPS) is 15.3. The van der Waals surface area contributed by atoms with E-state index in [1.807, 2.05) is 0 Å². The van der Waals surface area contributed by atoms with E-state index in [-0.39, 0.29) is 24.0 Å². The maximum atomic E-state index is 13.2. The summed E-state index contributed by atoms with van der Waals surface area (Å²) in [6, 6.07) is 3.90. The van der Waals surface area contributed by atoms with Gasteiger partial charge in [0.15, 0.2) is 0 Å². The van der Waals surface area contributed by atoms with E-state index in [1.54, 1.807) is 25.3 Å². The second kappa shape index (κ2) is 34.4. The van der Waals surface area contributed by atoms with E-state index >= 15 is 0 Å². The summed E-state index contributed by atoms with van der Waals surface area (Å²) in [5.74, 6) is -2.17. The van der Waals surface area contributed by atoms with Crippen molar-refractivity contribution in [1.29, 1.82) is 0 Å². The number of hydrogen-bond donors (Lipinski definition) is 2. The number of hydrogen-bond acceptors (Lipinski definition) is 18. The Morgan fingerprint density at radius 2 is 0.883 bits per heavy atom. The van der Waals surface area contributed by atoms with Crippen molar-refractivity contribution in [3.05, 3.63) is 29.3 Å². The highest BCUT2D eigenvalue weighted by atomic mass is 16.6. The van der Waals surface area contributed by atoms with Crippen LogP contribution in [0.3, 0.4) is 0 Å². The van der Waals surface area contributed by atoms with Gasteiger partial charge < -0.3 is 66.9 Å². The minimum absolute atomic E-state index is 0.0639. The lowest BCUT2D eigenvalue weighted by Crippen LogP contribution is -2.54. The number of imide groups is 2. The van der Waals surface area contributed by atoms with Crippen molar-refractivity contribution in [2.45, 2.75) is 18.9 Å². The van der Waals surface area contributed by atoms with E-state index in [2.05, 4.69) is 10.6 Å². The lowest BCUT2D eigenvalue weighted by Gasteiger charge is -2.27. The van der Waals surface area contributed by atoms with E-state index in [0.717, 1.165) is 4.90 Å². The van der Waals surface area contributed by atoms with Crippen molar-refractivity contribution >= 4 is 29.3 Å². The number of nitrogens with one attached hydrogen (secondary N) is 2. The van der Waals surface area contributed by atoms with Crippen LogP contribution in [0.4, 0.5) is 5.69 Å². The average molecular weight is 860 g/mol. The summed E-state index contributed by atoms with van der Waals surface area (Å²) < 4.78 is 70.6. The molecule has 60 heavy (non-hydrogen) atoms. The molecule has 1 fully saturated rings. The molecule has 0 spiro atoms. The third-order valence-electron chi connectivity index (χ3n) is 8.55. The second-order valence-corrected chi connectivity index (χ2v) is 12.9. The zero-order valence-electron chi connectivity index (χ0n) is 35.0. The van der Waals surface area contributed by atoms with Crippen LogP contribution in [0.1, 0.15) is 33.6 Å². The van der Waals surface area contributed by atoms with Gasteiger partial charge in [-0.2, -0.15) is 0 Å². The Hall–Kier alpha value is -3.22. The largest absolute Gasteiger partial charge is 0.382 e. The number of rotatable bonds is 41. The summed E-state index contributed by atoms with van der Waals surface area (Å²) >= 11 is 0. The first-order valence-electron chi connectivity index (χ1n) is 20.5. The SMILES string of the molecule is COCCOCCOCCOCCOCCOCCOCCOCCOCCOCCOCCOCCOCCNc1cccc2c1C(=O)N(C1CCC(=O)NC1=O)C2=O. The number of methoxy groups -OCH3 is 1. The number of fused-ring (bicyclic) bond motifs is 1. The van der Waals surface area contributed by atoms with Crippen LogP contribution in [-0.4, -0.2) is 213 Å². The number of carbonyl (C=O) groups is 4. The van der Waals surface area contributed by atoms with Gasteiger partial charge >= 0.3 is 0 Å². The van der Waals surface area contributed by atoms with Crippen molar-refractivity contribution in [2.24, 2.45) is 0 Å². The Morgan fingerprint density at radius 3 is 1.25 bits per heavy atom. The Kier molecular flexibility index (Phi) is 29.3. The molecule has 0 aromatic heterocycles. The van der Waals surface area contributed by atoms with Crippen LogP contribution in [0.5, 0.6) is 0 Å². The lowest BCUT2D eigenvalue weighted by atomic mass is 10.0. The summed E-state index contributed by atoms with van der Waals surface area (Å²) in [6.07, 6.45) is 0.166. The van der Waals surface area contributed by atoms with Crippen molar-refractivity contribution in [2.75, 3.05) is 184 Å². The molecule has 4 amide bonds. The quantitative estimate of drug-likeness (QED) is 0.0671. The molecule has 1 saturated heterocycles. The van der Waals surface area contributed by atoms with Gasteiger partial charge in [-0.25, -0.2) is 0 Å². The molecule has 3 rings (SSSR count). The first kappa shape index (κ1) is 51.1. The summed E-state index contributed by atoms with van der Waals surface area (Å²) in [5, 5.41) is 5.33. The Morgan fingerprint density at radius 1 is 0.517 bits per heavy atom. The lowest BCUT2D eigenvalue weighted by molar-refractivity contribution is -0.136. The molecule has 0 bridgehead atoms. The van der Waals surface area contributed by atoms with Gasteiger partial charge in [0.25, 0.3) is 11.8 Å². The summed E-state index contributed by atoms with van der Waals surface area (Å²) in [4.78, 5) is 50.9. The number of benzene rings is 1. The molecule has 1 unspecified atom stereocenters. The molecule has 2 aliphatic heterocycles. The Balaban J connectivity index is 0.975. The highest BCUT2D eigenvalue weighted by molar-refractivity contribution is 6.25. The molecular formula is C40H65N3O17. The number of ether oxygens (including phenoxy) is 13. The zero-order valence-corrected chi connectivity index (χ0v) is 35.0. The fraction of sp³-hybridized carbons (Fsp3) is 0.750. The van der Waals surface area contributed by atoms with Crippen LogP contribution in [0, 0.1) is 0 Å². The van der Waals surface area contributed by atoms with Gasteiger partial charge in [0, 0.05) is 25.8 Å². The molecule has 2 N–H and O–H groups in total. The third-order valence-corrected chi connectivity index (χ3v) is 8.55. The zero-order chi connectivity index (χ0) is 42.7. The standard InChI is InChI=1S/C40H65N3O17/c1-48-9-10-50-13-14-52-17-18-54-21-22-56-25-26-58-29-30-60-32-31-59-28-27-57-24-23-55-20-19-53-16-15-51-12-11-49-8-7-41-34-4-2-3-33-37(34)40(47)43(39(33)46)35-5-6-36(44)42-38(35)45/h2-4,35,41H,5-32H2,1H3,(H,42,44,45). The first-order chi connectivity index (χ1) is 29.5. The predicted octanol–water partition coefficient (Wildman–Crippen LogP) is 0.345. The highest BCUT2D eigenvalue weighted by Crippen LogP contribution is 2.32. The van der Waals surface area contributed by atoms with Crippen molar-refractivity contribution in [1.82, 2.24) is 10.2 Å². The van der Waals surface area contributed by atoms with Crippen LogP contribution in [0.15, 0.2) is 18.2 Å². The molecule has 20 heteroatoms. The molecule has 342 valence electrons. The van der Waals surface area contributed by atoms with Crippen molar-refractivity contribution < 1.29 is 80.8 Å². The van der Waals surface area contributed by atoms with Gasteiger partial charge in [-0.1, -0.05) is 6.07 Å². The van der Waals surface area contributed by atoms with E-state index in [0.29, 0.717) is 177 Å². The van der Waals surface area contributed by atoms with E-state index in [1.165, 1.54) is 0 Å². The third kappa shape index (κ3) is 22.0. The van der Waals surface area contributed by atoms with Gasteiger partial charge in [0.1, 0.15) is 6.04 Å². The topological polar surface area (TPSA) is 216 Å². The van der Waals surface area contributed by atoms with Crippen LogP contribution in [0.2, 0.25) is 0 Å². The smallest absolute Gasteiger partial charge is 0.264 e. The molecule has 0 radical (unpaired) electrons. The van der Waals surface area contributed by atoms with Crippen molar-refractivity contribution in [3.8, 4) is 0 Å². The van der Waals surface area contributed by atoms with E-state index in [9.17, 15) is 19.2 Å².